The lowest BCUT2D eigenvalue weighted by atomic mass is 9.86. The van der Waals surface area contributed by atoms with Crippen molar-refractivity contribution in [3.05, 3.63) is 35.9 Å². The van der Waals surface area contributed by atoms with Crippen LogP contribution in [0, 0.1) is 0 Å². The van der Waals surface area contributed by atoms with Crippen LogP contribution in [0.4, 0.5) is 0 Å². The van der Waals surface area contributed by atoms with Gasteiger partial charge in [-0.05, 0) is 38.7 Å². The molecular formula is C13H19NO. The number of nitrogens with zero attached hydrogens (tertiary/aromatic N) is 1. The summed E-state index contributed by atoms with van der Waals surface area (Å²) in [6, 6.07) is 10.4. The van der Waals surface area contributed by atoms with Gasteiger partial charge in [-0.1, -0.05) is 30.3 Å². The van der Waals surface area contributed by atoms with Gasteiger partial charge in [-0.2, -0.15) is 5.06 Å². The zero-order chi connectivity index (χ0) is 10.9. The normalized spacial score (nSPS) is 26.5. The van der Waals surface area contributed by atoms with E-state index in [2.05, 4.69) is 26.0 Å². The molecule has 0 saturated carbocycles. The predicted molar refractivity (Wildman–Crippen MR) is 60.7 cm³/mol. The van der Waals surface area contributed by atoms with E-state index in [1.807, 2.05) is 18.2 Å². The van der Waals surface area contributed by atoms with Gasteiger partial charge in [0.25, 0.3) is 0 Å². The fourth-order valence-electron chi connectivity index (χ4n) is 2.37. The van der Waals surface area contributed by atoms with E-state index >= 15 is 0 Å². The standard InChI is InChI=1S/C13H19NO/c1-13(2)10-6-9-12(14(13)15)11-7-4-3-5-8-11/h3-5,7-8,12,15H,6,9-10H2,1-2H3. The summed E-state index contributed by atoms with van der Waals surface area (Å²) in [5.41, 5.74) is 1.12. The third kappa shape index (κ3) is 2.06. The molecule has 0 bridgehead atoms. The van der Waals surface area contributed by atoms with Crippen LogP contribution < -0.4 is 0 Å². The van der Waals surface area contributed by atoms with Gasteiger partial charge >= 0.3 is 0 Å². The van der Waals surface area contributed by atoms with Crippen molar-refractivity contribution in [3.63, 3.8) is 0 Å². The molecule has 1 aromatic carbocycles. The number of rotatable bonds is 1. The van der Waals surface area contributed by atoms with Gasteiger partial charge in [-0.25, -0.2) is 0 Å². The molecule has 1 aliphatic rings. The Morgan fingerprint density at radius 2 is 1.93 bits per heavy atom. The van der Waals surface area contributed by atoms with Gasteiger partial charge in [0.05, 0.1) is 6.04 Å². The highest BCUT2D eigenvalue weighted by Crippen LogP contribution is 2.38. The summed E-state index contributed by atoms with van der Waals surface area (Å²) in [5, 5.41) is 11.7. The maximum absolute atomic E-state index is 10.2. The molecule has 1 atom stereocenters. The fraction of sp³-hybridized carbons (Fsp3) is 0.538. The van der Waals surface area contributed by atoms with Crippen molar-refractivity contribution < 1.29 is 5.21 Å². The minimum atomic E-state index is -0.0985. The van der Waals surface area contributed by atoms with Crippen LogP contribution in [-0.4, -0.2) is 15.8 Å². The molecule has 1 aliphatic heterocycles. The Morgan fingerprint density at radius 1 is 1.27 bits per heavy atom. The van der Waals surface area contributed by atoms with Gasteiger partial charge in [0.1, 0.15) is 0 Å². The Balaban J connectivity index is 2.23. The average Bonchev–Trinajstić information content (AvgIpc) is 2.23. The summed E-state index contributed by atoms with van der Waals surface area (Å²) in [6.07, 6.45) is 3.29. The number of piperidine rings is 1. The maximum Gasteiger partial charge on any atom is 0.0605 e. The molecule has 82 valence electrons. The third-order valence-corrected chi connectivity index (χ3v) is 3.37. The van der Waals surface area contributed by atoms with Crippen molar-refractivity contribution in [2.75, 3.05) is 0 Å². The first-order valence-electron chi connectivity index (χ1n) is 5.64. The molecule has 0 radical (unpaired) electrons. The average molecular weight is 205 g/mol. The van der Waals surface area contributed by atoms with Crippen LogP contribution >= 0.6 is 0 Å². The minimum Gasteiger partial charge on any atom is -0.313 e. The highest BCUT2D eigenvalue weighted by atomic mass is 16.5. The lowest BCUT2D eigenvalue weighted by Crippen LogP contribution is -2.46. The Labute approximate surface area is 91.5 Å². The Hall–Kier alpha value is -0.860. The summed E-state index contributed by atoms with van der Waals surface area (Å²) in [7, 11) is 0. The smallest absolute Gasteiger partial charge is 0.0605 e. The van der Waals surface area contributed by atoms with Crippen LogP contribution in [0.15, 0.2) is 30.3 Å². The summed E-state index contributed by atoms with van der Waals surface area (Å²) in [6.45, 7) is 4.20. The third-order valence-electron chi connectivity index (χ3n) is 3.37. The van der Waals surface area contributed by atoms with Crippen molar-refractivity contribution in [1.82, 2.24) is 5.06 Å². The van der Waals surface area contributed by atoms with E-state index < -0.39 is 0 Å². The van der Waals surface area contributed by atoms with Crippen molar-refractivity contribution in [2.45, 2.75) is 44.7 Å². The van der Waals surface area contributed by atoms with E-state index in [1.54, 1.807) is 0 Å². The van der Waals surface area contributed by atoms with E-state index in [-0.39, 0.29) is 11.6 Å². The first kappa shape index (κ1) is 10.7. The molecule has 1 fully saturated rings. The van der Waals surface area contributed by atoms with Crippen molar-refractivity contribution in [2.24, 2.45) is 0 Å². The van der Waals surface area contributed by atoms with Gasteiger partial charge in [-0.3, -0.25) is 0 Å². The quantitative estimate of drug-likeness (QED) is 0.759. The minimum absolute atomic E-state index is 0.0985. The van der Waals surface area contributed by atoms with Gasteiger partial charge in [-0.15, -0.1) is 0 Å². The van der Waals surface area contributed by atoms with Gasteiger partial charge in [0, 0.05) is 5.54 Å². The molecule has 0 aromatic heterocycles. The van der Waals surface area contributed by atoms with Gasteiger partial charge in [0.2, 0.25) is 0 Å². The van der Waals surface area contributed by atoms with Crippen LogP contribution in [0.25, 0.3) is 0 Å². The summed E-state index contributed by atoms with van der Waals surface area (Å²) in [5.74, 6) is 0. The topological polar surface area (TPSA) is 23.5 Å². The number of hydrogen-bond acceptors (Lipinski definition) is 2. The predicted octanol–water partition coefficient (Wildman–Crippen LogP) is 3.38. The number of hydrogen-bond donors (Lipinski definition) is 1. The maximum atomic E-state index is 10.2. The largest absolute Gasteiger partial charge is 0.313 e. The monoisotopic (exact) mass is 205 g/mol. The number of hydroxylamine groups is 2. The molecule has 0 amide bonds. The summed E-state index contributed by atoms with van der Waals surface area (Å²) >= 11 is 0. The van der Waals surface area contributed by atoms with E-state index in [4.69, 9.17) is 0 Å². The lowest BCUT2D eigenvalue weighted by molar-refractivity contribution is -0.213. The van der Waals surface area contributed by atoms with E-state index in [9.17, 15) is 5.21 Å². The molecule has 2 heteroatoms. The first-order chi connectivity index (χ1) is 7.11. The van der Waals surface area contributed by atoms with Gasteiger partial charge < -0.3 is 5.21 Å². The second-order valence-corrected chi connectivity index (χ2v) is 4.98. The molecule has 1 aromatic rings. The van der Waals surface area contributed by atoms with E-state index in [0.29, 0.717) is 0 Å². The molecule has 0 aliphatic carbocycles. The lowest BCUT2D eigenvalue weighted by Gasteiger charge is -2.43. The molecule has 15 heavy (non-hydrogen) atoms. The van der Waals surface area contributed by atoms with Crippen LogP contribution in [0.3, 0.4) is 0 Å². The van der Waals surface area contributed by atoms with Crippen LogP contribution in [0.5, 0.6) is 0 Å². The molecule has 2 rings (SSSR count). The molecule has 1 heterocycles. The van der Waals surface area contributed by atoms with Crippen molar-refractivity contribution in [1.29, 1.82) is 0 Å². The fourth-order valence-corrected chi connectivity index (χ4v) is 2.37. The highest BCUT2D eigenvalue weighted by Gasteiger charge is 2.35. The molecule has 1 N–H and O–H groups in total. The second kappa shape index (κ2) is 3.95. The Bertz CT molecular complexity index is 321. The van der Waals surface area contributed by atoms with E-state index in [0.717, 1.165) is 12.8 Å². The zero-order valence-corrected chi connectivity index (χ0v) is 9.48. The molecule has 1 unspecified atom stereocenters. The van der Waals surface area contributed by atoms with Crippen molar-refractivity contribution in [3.8, 4) is 0 Å². The van der Waals surface area contributed by atoms with Crippen LogP contribution in [-0.2, 0) is 0 Å². The molecule has 1 saturated heterocycles. The Kier molecular flexibility index (Phi) is 2.81. The van der Waals surface area contributed by atoms with Crippen molar-refractivity contribution >= 4 is 0 Å². The van der Waals surface area contributed by atoms with Crippen LogP contribution in [0.2, 0.25) is 0 Å². The second-order valence-electron chi connectivity index (χ2n) is 4.98. The molecule has 0 spiro atoms. The SMILES string of the molecule is CC1(C)CCCC(c2ccccc2)N1O. The molecular weight excluding hydrogens is 186 g/mol. The van der Waals surface area contributed by atoms with Crippen LogP contribution in [0.1, 0.15) is 44.7 Å². The molecule has 2 nitrogen and oxygen atoms in total. The zero-order valence-electron chi connectivity index (χ0n) is 9.48. The van der Waals surface area contributed by atoms with E-state index in [1.165, 1.54) is 17.0 Å². The summed E-state index contributed by atoms with van der Waals surface area (Å²) < 4.78 is 0. The first-order valence-corrected chi connectivity index (χ1v) is 5.64. The Morgan fingerprint density at radius 3 is 2.60 bits per heavy atom. The highest BCUT2D eigenvalue weighted by molar-refractivity contribution is 5.19. The summed E-state index contributed by atoms with van der Waals surface area (Å²) in [4.78, 5) is 0. The van der Waals surface area contributed by atoms with Gasteiger partial charge in [0.15, 0.2) is 0 Å². The number of benzene rings is 1.